The van der Waals surface area contributed by atoms with Gasteiger partial charge in [-0.05, 0) is 18.6 Å². The zero-order chi connectivity index (χ0) is 16.4. The number of amides is 1. The van der Waals surface area contributed by atoms with E-state index < -0.39 is 10.8 Å². The summed E-state index contributed by atoms with van der Waals surface area (Å²) in [5, 5.41) is 13.9. The van der Waals surface area contributed by atoms with Crippen molar-refractivity contribution in [1.82, 2.24) is 5.32 Å². The molecule has 1 rings (SSSR count). The number of halogens is 1. The highest BCUT2D eigenvalue weighted by molar-refractivity contribution is 6.31. The van der Waals surface area contributed by atoms with Crippen LogP contribution in [0.2, 0.25) is 5.02 Å². The third-order valence-electron chi connectivity index (χ3n) is 3.47. The Morgan fingerprint density at radius 3 is 2.45 bits per heavy atom. The van der Waals surface area contributed by atoms with Gasteiger partial charge in [-0.1, -0.05) is 57.0 Å². The Labute approximate surface area is 136 Å². The smallest absolute Gasteiger partial charge is 0.283 e. The number of hydrogen-bond donors (Lipinski definition) is 1. The Kier molecular flexibility index (Phi) is 8.51. The van der Waals surface area contributed by atoms with Crippen molar-refractivity contribution < 1.29 is 9.72 Å². The summed E-state index contributed by atoms with van der Waals surface area (Å²) < 4.78 is 0. The lowest BCUT2D eigenvalue weighted by Gasteiger charge is -2.06. The monoisotopic (exact) mass is 326 g/mol. The molecule has 0 bridgehead atoms. The first-order valence-corrected chi connectivity index (χ1v) is 8.16. The van der Waals surface area contributed by atoms with E-state index in [9.17, 15) is 14.9 Å². The van der Waals surface area contributed by atoms with Crippen molar-refractivity contribution in [2.75, 3.05) is 6.54 Å². The lowest BCUT2D eigenvalue weighted by molar-refractivity contribution is -0.385. The quantitative estimate of drug-likeness (QED) is 0.384. The second-order valence-corrected chi connectivity index (χ2v) is 5.73. The molecule has 0 saturated carbocycles. The Hall–Kier alpha value is -1.62. The molecule has 0 unspecified atom stereocenters. The van der Waals surface area contributed by atoms with Crippen molar-refractivity contribution in [3.8, 4) is 0 Å². The minimum absolute atomic E-state index is 0.0531. The second-order valence-electron chi connectivity index (χ2n) is 5.30. The maximum absolute atomic E-state index is 12.0. The summed E-state index contributed by atoms with van der Waals surface area (Å²) in [6.45, 7) is 2.72. The average molecular weight is 327 g/mol. The fraction of sp³-hybridized carbons (Fsp3) is 0.562. The van der Waals surface area contributed by atoms with Crippen LogP contribution in [0.5, 0.6) is 0 Å². The maximum atomic E-state index is 12.0. The lowest BCUT2D eigenvalue weighted by Crippen LogP contribution is -2.25. The number of nitrogens with zero attached hydrogens (tertiary/aromatic N) is 1. The van der Waals surface area contributed by atoms with Crippen molar-refractivity contribution in [3.63, 3.8) is 0 Å². The molecule has 0 aliphatic carbocycles. The maximum Gasteiger partial charge on any atom is 0.283 e. The molecule has 22 heavy (non-hydrogen) atoms. The second kappa shape index (κ2) is 10.2. The molecule has 6 heteroatoms. The van der Waals surface area contributed by atoms with Crippen LogP contribution in [0, 0.1) is 10.1 Å². The van der Waals surface area contributed by atoms with Gasteiger partial charge in [-0.3, -0.25) is 14.9 Å². The molecule has 1 aromatic rings. The summed E-state index contributed by atoms with van der Waals surface area (Å²) in [7, 11) is 0. The zero-order valence-electron chi connectivity index (χ0n) is 12.9. The molecule has 1 N–H and O–H groups in total. The molecule has 0 atom stereocenters. The highest BCUT2D eigenvalue weighted by atomic mass is 35.5. The molecular formula is C16H23ClN2O3. The fourth-order valence-electron chi connectivity index (χ4n) is 2.23. The van der Waals surface area contributed by atoms with Crippen LogP contribution < -0.4 is 5.32 Å². The Bertz CT molecular complexity index is 506. The third-order valence-corrected chi connectivity index (χ3v) is 3.70. The third kappa shape index (κ3) is 6.43. The van der Waals surface area contributed by atoms with Crippen molar-refractivity contribution in [1.29, 1.82) is 0 Å². The first-order valence-electron chi connectivity index (χ1n) is 7.78. The number of nitrogens with one attached hydrogen (secondary N) is 1. The van der Waals surface area contributed by atoms with Crippen molar-refractivity contribution in [3.05, 3.63) is 38.9 Å². The molecule has 1 amide bonds. The van der Waals surface area contributed by atoms with Crippen LogP contribution in [0.4, 0.5) is 5.69 Å². The zero-order valence-corrected chi connectivity index (χ0v) is 13.7. The van der Waals surface area contributed by atoms with E-state index in [1.807, 2.05) is 0 Å². The summed E-state index contributed by atoms with van der Waals surface area (Å²) in [5.74, 6) is -0.422. The van der Waals surface area contributed by atoms with Crippen LogP contribution in [0.15, 0.2) is 18.2 Å². The van der Waals surface area contributed by atoms with E-state index in [1.54, 1.807) is 0 Å². The van der Waals surface area contributed by atoms with E-state index in [0.29, 0.717) is 6.54 Å². The number of carbonyl (C=O) groups excluding carboxylic acids is 1. The molecule has 0 spiro atoms. The van der Waals surface area contributed by atoms with E-state index >= 15 is 0 Å². The van der Waals surface area contributed by atoms with Gasteiger partial charge in [0.15, 0.2) is 0 Å². The highest BCUT2D eigenvalue weighted by Gasteiger charge is 2.19. The van der Waals surface area contributed by atoms with Gasteiger partial charge in [0.2, 0.25) is 0 Å². The van der Waals surface area contributed by atoms with E-state index in [2.05, 4.69) is 12.2 Å². The topological polar surface area (TPSA) is 72.2 Å². The minimum atomic E-state index is -0.589. The summed E-state index contributed by atoms with van der Waals surface area (Å²) in [5.41, 5.74) is -0.207. The van der Waals surface area contributed by atoms with Crippen LogP contribution in [0.3, 0.4) is 0 Å². The van der Waals surface area contributed by atoms with Gasteiger partial charge in [-0.25, -0.2) is 0 Å². The van der Waals surface area contributed by atoms with Gasteiger partial charge >= 0.3 is 0 Å². The highest BCUT2D eigenvalue weighted by Crippen LogP contribution is 2.23. The number of benzene rings is 1. The van der Waals surface area contributed by atoms with Crippen LogP contribution in [0.25, 0.3) is 0 Å². The summed E-state index contributed by atoms with van der Waals surface area (Å²) >= 11 is 5.73. The number of hydrogen-bond acceptors (Lipinski definition) is 3. The molecule has 0 saturated heterocycles. The number of nitro groups is 1. The molecule has 0 fully saturated rings. The Balaban J connectivity index is 2.35. The lowest BCUT2D eigenvalue weighted by atomic mass is 10.1. The number of nitro benzene ring substituents is 1. The van der Waals surface area contributed by atoms with Gasteiger partial charge in [0.05, 0.1) is 4.92 Å². The largest absolute Gasteiger partial charge is 0.352 e. The van der Waals surface area contributed by atoms with Crippen molar-refractivity contribution in [2.24, 2.45) is 0 Å². The normalized spacial score (nSPS) is 10.5. The SMILES string of the molecule is CCCCCCCCCNC(=O)c1ccc(Cl)cc1[N+](=O)[O-]. The first kappa shape index (κ1) is 18.4. The van der Waals surface area contributed by atoms with Crippen LogP contribution >= 0.6 is 11.6 Å². The summed E-state index contributed by atoms with van der Waals surface area (Å²) in [6.07, 6.45) is 8.11. The van der Waals surface area contributed by atoms with Gasteiger partial charge in [-0.2, -0.15) is 0 Å². The van der Waals surface area contributed by atoms with Gasteiger partial charge in [0.25, 0.3) is 11.6 Å². The first-order chi connectivity index (χ1) is 10.6. The van der Waals surface area contributed by atoms with E-state index in [4.69, 9.17) is 11.6 Å². The minimum Gasteiger partial charge on any atom is -0.352 e. The van der Waals surface area contributed by atoms with Gasteiger partial charge in [0.1, 0.15) is 5.56 Å². The molecular weight excluding hydrogens is 304 g/mol. The Morgan fingerprint density at radius 2 is 1.82 bits per heavy atom. The number of unbranched alkanes of at least 4 members (excludes halogenated alkanes) is 6. The standard InChI is InChI=1S/C16H23ClN2O3/c1-2-3-4-5-6-7-8-11-18-16(20)14-10-9-13(17)12-15(14)19(21)22/h9-10,12H,2-8,11H2,1H3,(H,18,20). The van der Waals surface area contributed by atoms with E-state index in [0.717, 1.165) is 19.3 Å². The molecule has 0 aromatic heterocycles. The van der Waals surface area contributed by atoms with Crippen LogP contribution in [-0.2, 0) is 0 Å². The van der Waals surface area contributed by atoms with E-state index in [-0.39, 0.29) is 16.3 Å². The van der Waals surface area contributed by atoms with Gasteiger partial charge < -0.3 is 5.32 Å². The van der Waals surface area contributed by atoms with Crippen LogP contribution in [-0.4, -0.2) is 17.4 Å². The van der Waals surface area contributed by atoms with Crippen molar-refractivity contribution >= 4 is 23.2 Å². The molecule has 0 heterocycles. The molecule has 5 nitrogen and oxygen atoms in total. The molecule has 0 radical (unpaired) electrons. The fourth-order valence-corrected chi connectivity index (χ4v) is 2.39. The van der Waals surface area contributed by atoms with Gasteiger partial charge in [0, 0.05) is 17.6 Å². The number of carbonyl (C=O) groups is 1. The average Bonchev–Trinajstić information content (AvgIpc) is 2.49. The molecule has 0 aliphatic rings. The predicted molar refractivity (Wildman–Crippen MR) is 88.4 cm³/mol. The molecule has 122 valence electrons. The van der Waals surface area contributed by atoms with E-state index in [1.165, 1.54) is 43.9 Å². The van der Waals surface area contributed by atoms with Crippen molar-refractivity contribution in [2.45, 2.75) is 51.9 Å². The molecule has 1 aromatic carbocycles. The molecule has 0 aliphatic heterocycles. The number of rotatable bonds is 10. The predicted octanol–water partition coefficient (Wildman–Crippen LogP) is 4.73. The van der Waals surface area contributed by atoms with Crippen LogP contribution in [0.1, 0.15) is 62.2 Å². The summed E-state index contributed by atoms with van der Waals surface area (Å²) in [6, 6.07) is 4.07. The Morgan fingerprint density at radius 1 is 1.18 bits per heavy atom. The van der Waals surface area contributed by atoms with Gasteiger partial charge in [-0.15, -0.1) is 0 Å². The summed E-state index contributed by atoms with van der Waals surface area (Å²) in [4.78, 5) is 22.4.